The smallest absolute Gasteiger partial charge is 0.175 e. The Kier molecular flexibility index (Phi) is 5.99. The molecule has 0 aliphatic carbocycles. The number of nitrogens with one attached hydrogen (secondary N) is 2. The molecular weight excluding hydrogens is 406 g/mol. The predicted molar refractivity (Wildman–Crippen MR) is 114 cm³/mol. The first kappa shape index (κ1) is 19.6. The number of hydrogen-bond acceptors (Lipinski definition) is 2. The minimum absolute atomic E-state index is 0.0303. The summed E-state index contributed by atoms with van der Waals surface area (Å²) in [6.45, 7) is 4.41. The largest absolute Gasteiger partial charge is 0.332 e. The highest BCUT2D eigenvalue weighted by molar-refractivity contribution is 7.80. The summed E-state index contributed by atoms with van der Waals surface area (Å²) in [7, 11) is 0. The lowest BCUT2D eigenvalue weighted by molar-refractivity contribution is 0.628. The molecule has 2 aromatic carbocycles. The molecule has 0 aliphatic rings. The third-order valence-electron chi connectivity index (χ3n) is 4.08. The summed E-state index contributed by atoms with van der Waals surface area (Å²) in [5.41, 5.74) is 4.12. The molecule has 0 unspecified atom stereocenters. The van der Waals surface area contributed by atoms with Gasteiger partial charge in [-0.2, -0.15) is 5.10 Å². The van der Waals surface area contributed by atoms with E-state index >= 15 is 0 Å². The number of rotatable bonds is 4. The molecule has 3 aromatic rings. The molecule has 0 aliphatic heterocycles. The van der Waals surface area contributed by atoms with Crippen LogP contribution in [0, 0.1) is 19.7 Å². The number of nitrogens with zero attached hydrogens (tertiary/aromatic N) is 2. The van der Waals surface area contributed by atoms with Crippen LogP contribution in [-0.4, -0.2) is 14.9 Å². The molecule has 3 rings (SSSR count). The number of hydrogen-bond donors (Lipinski definition) is 2. The van der Waals surface area contributed by atoms with Gasteiger partial charge in [0, 0.05) is 10.7 Å². The van der Waals surface area contributed by atoms with E-state index in [1.54, 1.807) is 6.07 Å². The fourth-order valence-electron chi connectivity index (χ4n) is 2.67. The van der Waals surface area contributed by atoms with Gasteiger partial charge >= 0.3 is 0 Å². The lowest BCUT2D eigenvalue weighted by Gasteiger charge is -2.12. The minimum Gasteiger partial charge on any atom is -0.332 e. The molecule has 0 bridgehead atoms. The first-order chi connectivity index (χ1) is 12.8. The number of anilines is 2. The molecule has 140 valence electrons. The van der Waals surface area contributed by atoms with Gasteiger partial charge in [0.2, 0.25) is 0 Å². The van der Waals surface area contributed by atoms with E-state index in [4.69, 9.17) is 35.4 Å². The van der Waals surface area contributed by atoms with Crippen molar-refractivity contribution in [3.05, 3.63) is 75.3 Å². The molecule has 0 radical (unpaired) electrons. The molecule has 0 atom stereocenters. The van der Waals surface area contributed by atoms with Gasteiger partial charge in [0.15, 0.2) is 5.11 Å². The highest BCUT2D eigenvalue weighted by Crippen LogP contribution is 2.24. The Balaban J connectivity index is 1.75. The van der Waals surface area contributed by atoms with Crippen LogP contribution in [0.15, 0.2) is 42.5 Å². The molecule has 0 saturated carbocycles. The lowest BCUT2D eigenvalue weighted by atomic mass is 10.2. The fraction of sp³-hybridized carbons (Fsp3) is 0.158. The second kappa shape index (κ2) is 8.25. The van der Waals surface area contributed by atoms with E-state index in [1.807, 2.05) is 42.8 Å². The first-order valence-corrected chi connectivity index (χ1v) is 9.32. The maximum Gasteiger partial charge on any atom is 0.175 e. The van der Waals surface area contributed by atoms with Crippen LogP contribution in [0.25, 0.3) is 0 Å². The van der Waals surface area contributed by atoms with Crippen molar-refractivity contribution in [1.82, 2.24) is 9.78 Å². The van der Waals surface area contributed by atoms with E-state index in [0.29, 0.717) is 22.4 Å². The van der Waals surface area contributed by atoms with Crippen molar-refractivity contribution in [3.8, 4) is 0 Å². The van der Waals surface area contributed by atoms with Crippen LogP contribution in [0.3, 0.4) is 0 Å². The van der Waals surface area contributed by atoms with Crippen LogP contribution in [0.4, 0.5) is 15.8 Å². The van der Waals surface area contributed by atoms with E-state index in [9.17, 15) is 4.39 Å². The third kappa shape index (κ3) is 4.58. The summed E-state index contributed by atoms with van der Waals surface area (Å²) in [6, 6.07) is 12.0. The van der Waals surface area contributed by atoms with Crippen molar-refractivity contribution in [1.29, 1.82) is 0 Å². The zero-order valence-corrected chi connectivity index (χ0v) is 17.0. The molecule has 4 nitrogen and oxygen atoms in total. The molecular formula is C19H17Cl2FN4S. The summed E-state index contributed by atoms with van der Waals surface area (Å²) in [5.74, 6) is -0.478. The predicted octanol–water partition coefficient (Wildman–Crippen LogP) is 5.80. The van der Waals surface area contributed by atoms with Gasteiger partial charge in [0.25, 0.3) is 0 Å². The van der Waals surface area contributed by atoms with Crippen molar-refractivity contribution in [2.75, 3.05) is 10.6 Å². The van der Waals surface area contributed by atoms with Gasteiger partial charge in [-0.1, -0.05) is 41.4 Å². The van der Waals surface area contributed by atoms with Crippen molar-refractivity contribution < 1.29 is 4.39 Å². The third-order valence-corrected chi connectivity index (χ3v) is 4.94. The van der Waals surface area contributed by atoms with Gasteiger partial charge in [-0.15, -0.1) is 0 Å². The van der Waals surface area contributed by atoms with E-state index < -0.39 is 5.82 Å². The Hall–Kier alpha value is -2.15. The summed E-state index contributed by atoms with van der Waals surface area (Å²) >= 11 is 17.4. The molecule has 27 heavy (non-hydrogen) atoms. The summed E-state index contributed by atoms with van der Waals surface area (Å²) < 4.78 is 15.1. The number of thiocarbonyl (C=S) groups is 1. The molecule has 1 aromatic heterocycles. The first-order valence-electron chi connectivity index (χ1n) is 8.15. The number of benzene rings is 2. The van der Waals surface area contributed by atoms with Crippen molar-refractivity contribution in [2.45, 2.75) is 20.4 Å². The van der Waals surface area contributed by atoms with Gasteiger partial charge < -0.3 is 10.6 Å². The zero-order valence-electron chi connectivity index (χ0n) is 14.7. The van der Waals surface area contributed by atoms with Gasteiger partial charge in [-0.3, -0.25) is 4.68 Å². The van der Waals surface area contributed by atoms with Crippen LogP contribution >= 0.6 is 35.4 Å². The summed E-state index contributed by atoms with van der Waals surface area (Å²) in [4.78, 5) is 0. The Morgan fingerprint density at radius 3 is 2.56 bits per heavy atom. The highest BCUT2D eigenvalue weighted by Gasteiger charge is 2.14. The van der Waals surface area contributed by atoms with Gasteiger partial charge in [-0.05, 0) is 55.9 Å². The Bertz CT molecular complexity index is 1000. The monoisotopic (exact) mass is 422 g/mol. The molecule has 1 heterocycles. The Morgan fingerprint density at radius 2 is 1.85 bits per heavy atom. The second-order valence-electron chi connectivity index (χ2n) is 6.00. The summed E-state index contributed by atoms with van der Waals surface area (Å²) in [6.07, 6.45) is 0. The number of aryl methyl sites for hydroxylation is 1. The lowest BCUT2D eigenvalue weighted by Crippen LogP contribution is -2.20. The van der Waals surface area contributed by atoms with Gasteiger partial charge in [0.1, 0.15) is 5.82 Å². The van der Waals surface area contributed by atoms with E-state index in [-0.39, 0.29) is 5.02 Å². The maximum absolute atomic E-state index is 13.3. The molecule has 0 saturated heterocycles. The van der Waals surface area contributed by atoms with Crippen LogP contribution in [0.2, 0.25) is 10.0 Å². The SMILES string of the molecule is Cc1nn(Cc2ccccc2Cl)c(C)c1NC(=S)Nc1ccc(F)c(Cl)c1. The molecule has 0 amide bonds. The molecule has 0 fully saturated rings. The Labute approximate surface area is 172 Å². The van der Waals surface area contributed by atoms with E-state index in [1.165, 1.54) is 12.1 Å². The van der Waals surface area contributed by atoms with Crippen molar-refractivity contribution in [2.24, 2.45) is 0 Å². The average Bonchev–Trinajstić information content (AvgIpc) is 2.88. The van der Waals surface area contributed by atoms with Gasteiger partial charge in [0.05, 0.1) is 28.6 Å². The van der Waals surface area contributed by atoms with Crippen molar-refractivity contribution >= 4 is 51.9 Å². The topological polar surface area (TPSA) is 41.9 Å². The van der Waals surface area contributed by atoms with Crippen LogP contribution in [0.5, 0.6) is 0 Å². The maximum atomic E-state index is 13.3. The van der Waals surface area contributed by atoms with Crippen LogP contribution in [0.1, 0.15) is 17.0 Å². The normalized spacial score (nSPS) is 10.7. The van der Waals surface area contributed by atoms with Crippen LogP contribution in [-0.2, 0) is 6.54 Å². The fourth-order valence-corrected chi connectivity index (χ4v) is 3.27. The molecule has 2 N–H and O–H groups in total. The molecule has 8 heteroatoms. The average molecular weight is 423 g/mol. The van der Waals surface area contributed by atoms with E-state index in [0.717, 1.165) is 22.6 Å². The van der Waals surface area contributed by atoms with Crippen molar-refractivity contribution in [3.63, 3.8) is 0 Å². The standard InChI is InChI=1S/C19H17Cl2FN4S/c1-11-18(24-19(27)23-14-7-8-17(22)16(21)9-14)12(2)26(25-11)10-13-5-3-4-6-15(13)20/h3-9H,10H2,1-2H3,(H2,23,24,27). The van der Waals surface area contributed by atoms with Crippen LogP contribution < -0.4 is 10.6 Å². The zero-order chi connectivity index (χ0) is 19.6. The van der Waals surface area contributed by atoms with E-state index in [2.05, 4.69) is 15.7 Å². The quantitative estimate of drug-likeness (QED) is 0.521. The highest BCUT2D eigenvalue weighted by atomic mass is 35.5. The number of aromatic nitrogens is 2. The Morgan fingerprint density at radius 1 is 1.11 bits per heavy atom. The molecule has 0 spiro atoms. The summed E-state index contributed by atoms with van der Waals surface area (Å²) in [5, 5.41) is 11.8. The second-order valence-corrected chi connectivity index (χ2v) is 7.23. The van der Waals surface area contributed by atoms with Gasteiger partial charge in [-0.25, -0.2) is 4.39 Å². The number of halogens is 3. The minimum atomic E-state index is -0.478.